The zero-order valence-electron chi connectivity index (χ0n) is 7.77. The lowest BCUT2D eigenvalue weighted by Crippen LogP contribution is -2.19. The number of alkyl halides is 3. The number of hydrogen-bond donors (Lipinski definition) is 1. The molecule has 0 unspecified atom stereocenters. The Morgan fingerprint density at radius 1 is 1.47 bits per heavy atom. The number of hydrogen-bond acceptors (Lipinski definition) is 2. The molecule has 0 atom stereocenters. The van der Waals surface area contributed by atoms with Crippen LogP contribution in [0.2, 0.25) is 0 Å². The molecule has 82 valence electrons. The molecule has 0 spiro atoms. The highest BCUT2D eigenvalue weighted by Gasteiger charge is 2.31. The van der Waals surface area contributed by atoms with E-state index in [4.69, 9.17) is 0 Å². The van der Waals surface area contributed by atoms with Crippen molar-refractivity contribution in [3.8, 4) is 0 Å². The number of rotatable bonds is 2. The number of halogens is 3. The van der Waals surface area contributed by atoms with Gasteiger partial charge in [0.15, 0.2) is 0 Å². The van der Waals surface area contributed by atoms with E-state index in [2.05, 4.69) is 9.97 Å². The van der Waals surface area contributed by atoms with Crippen LogP contribution < -0.4 is 5.56 Å². The summed E-state index contributed by atoms with van der Waals surface area (Å²) in [5, 5.41) is 0. The van der Waals surface area contributed by atoms with E-state index in [0.29, 0.717) is 5.69 Å². The smallest absolute Gasteiger partial charge is 0.310 e. The van der Waals surface area contributed by atoms with Gasteiger partial charge in [0, 0.05) is 12.0 Å². The summed E-state index contributed by atoms with van der Waals surface area (Å²) in [5.41, 5.74) is -0.0239. The highest BCUT2D eigenvalue weighted by Crippen LogP contribution is 2.38. The van der Waals surface area contributed by atoms with Crippen molar-refractivity contribution in [3.05, 3.63) is 27.9 Å². The molecule has 1 saturated carbocycles. The SMILES string of the molecule is O=c1cc(C2CC2)nc(CC(F)(F)F)[nH]1. The Morgan fingerprint density at radius 2 is 2.13 bits per heavy atom. The van der Waals surface area contributed by atoms with Crippen molar-refractivity contribution >= 4 is 0 Å². The maximum atomic E-state index is 12.1. The van der Waals surface area contributed by atoms with Crippen LogP contribution in [-0.2, 0) is 6.42 Å². The number of aromatic amines is 1. The second-order valence-electron chi connectivity index (χ2n) is 3.68. The zero-order valence-corrected chi connectivity index (χ0v) is 7.77. The number of nitrogens with zero attached hydrogens (tertiary/aromatic N) is 1. The molecule has 0 saturated heterocycles. The fourth-order valence-corrected chi connectivity index (χ4v) is 1.39. The summed E-state index contributed by atoms with van der Waals surface area (Å²) in [6.45, 7) is 0. The molecule has 1 N–H and O–H groups in total. The molecule has 0 radical (unpaired) electrons. The van der Waals surface area contributed by atoms with Gasteiger partial charge >= 0.3 is 6.18 Å². The van der Waals surface area contributed by atoms with Crippen molar-refractivity contribution in [2.45, 2.75) is 31.4 Å². The molecule has 3 nitrogen and oxygen atoms in total. The van der Waals surface area contributed by atoms with Gasteiger partial charge in [0.25, 0.3) is 5.56 Å². The van der Waals surface area contributed by atoms with E-state index in [1.165, 1.54) is 6.07 Å². The van der Waals surface area contributed by atoms with E-state index in [-0.39, 0.29) is 11.7 Å². The first kappa shape index (κ1) is 10.2. The molecule has 0 aromatic carbocycles. The fraction of sp³-hybridized carbons (Fsp3) is 0.556. The predicted molar refractivity (Wildman–Crippen MR) is 46.6 cm³/mol. The average molecular weight is 218 g/mol. The van der Waals surface area contributed by atoms with Crippen molar-refractivity contribution in [2.24, 2.45) is 0 Å². The zero-order chi connectivity index (χ0) is 11.1. The second kappa shape index (κ2) is 3.36. The third kappa shape index (κ3) is 2.81. The van der Waals surface area contributed by atoms with E-state index < -0.39 is 18.2 Å². The van der Waals surface area contributed by atoms with Crippen LogP contribution in [0.5, 0.6) is 0 Å². The topological polar surface area (TPSA) is 45.8 Å². The first-order valence-electron chi connectivity index (χ1n) is 4.61. The largest absolute Gasteiger partial charge is 0.396 e. The minimum Gasteiger partial charge on any atom is -0.310 e. The van der Waals surface area contributed by atoms with Crippen molar-refractivity contribution < 1.29 is 13.2 Å². The maximum Gasteiger partial charge on any atom is 0.396 e. The van der Waals surface area contributed by atoms with Gasteiger partial charge in [-0.25, -0.2) is 4.98 Å². The molecule has 0 aliphatic heterocycles. The number of nitrogens with one attached hydrogen (secondary N) is 1. The van der Waals surface area contributed by atoms with Gasteiger partial charge in [-0.3, -0.25) is 4.79 Å². The quantitative estimate of drug-likeness (QED) is 0.821. The van der Waals surface area contributed by atoms with Crippen molar-refractivity contribution in [3.63, 3.8) is 0 Å². The highest BCUT2D eigenvalue weighted by atomic mass is 19.4. The van der Waals surface area contributed by atoms with Crippen LogP contribution in [0.3, 0.4) is 0 Å². The van der Waals surface area contributed by atoms with Gasteiger partial charge in [-0.05, 0) is 12.8 Å². The molecular weight excluding hydrogens is 209 g/mol. The van der Waals surface area contributed by atoms with E-state index >= 15 is 0 Å². The van der Waals surface area contributed by atoms with E-state index in [1.807, 2.05) is 0 Å². The molecule has 6 heteroatoms. The van der Waals surface area contributed by atoms with Crippen LogP contribution >= 0.6 is 0 Å². The summed E-state index contributed by atoms with van der Waals surface area (Å²) in [6.07, 6.45) is -3.70. The molecule has 1 fully saturated rings. The molecule has 1 aromatic rings. The minimum atomic E-state index is -4.34. The third-order valence-electron chi connectivity index (χ3n) is 2.17. The molecule has 2 rings (SSSR count). The van der Waals surface area contributed by atoms with Crippen molar-refractivity contribution in [1.82, 2.24) is 9.97 Å². The predicted octanol–water partition coefficient (Wildman–Crippen LogP) is 1.75. The van der Waals surface area contributed by atoms with Crippen molar-refractivity contribution in [2.75, 3.05) is 0 Å². The Morgan fingerprint density at radius 3 is 2.67 bits per heavy atom. The Balaban J connectivity index is 2.27. The van der Waals surface area contributed by atoms with E-state index in [9.17, 15) is 18.0 Å². The Hall–Kier alpha value is -1.33. The van der Waals surface area contributed by atoms with Gasteiger partial charge < -0.3 is 4.98 Å². The lowest BCUT2D eigenvalue weighted by molar-refractivity contribution is -0.128. The molecule has 0 bridgehead atoms. The Kier molecular flexibility index (Phi) is 2.28. The van der Waals surface area contributed by atoms with E-state index in [0.717, 1.165) is 12.8 Å². The Labute approximate surface area is 83.3 Å². The first-order valence-corrected chi connectivity index (χ1v) is 4.61. The number of aromatic nitrogens is 2. The normalized spacial score (nSPS) is 16.7. The molecular formula is C9H9F3N2O. The van der Waals surface area contributed by atoms with Gasteiger partial charge in [0.05, 0.1) is 5.69 Å². The van der Waals surface area contributed by atoms with Crippen LogP contribution in [0.4, 0.5) is 13.2 Å². The Bertz CT molecular complexity index is 420. The standard InChI is InChI=1S/C9H9F3N2O/c10-9(11,12)4-7-13-6(5-1-2-5)3-8(15)14-7/h3,5H,1-2,4H2,(H,13,14,15). The van der Waals surface area contributed by atoms with Crippen LogP contribution in [0.1, 0.15) is 30.3 Å². The summed E-state index contributed by atoms with van der Waals surface area (Å²) >= 11 is 0. The van der Waals surface area contributed by atoms with Crippen LogP contribution in [0.25, 0.3) is 0 Å². The van der Waals surface area contributed by atoms with Gasteiger partial charge in [-0.1, -0.05) is 0 Å². The van der Waals surface area contributed by atoms with E-state index in [1.54, 1.807) is 0 Å². The lowest BCUT2D eigenvalue weighted by atomic mass is 10.2. The van der Waals surface area contributed by atoms with Crippen LogP contribution in [0, 0.1) is 0 Å². The molecule has 15 heavy (non-hydrogen) atoms. The molecule has 1 aliphatic carbocycles. The van der Waals surface area contributed by atoms with Crippen molar-refractivity contribution in [1.29, 1.82) is 0 Å². The maximum absolute atomic E-state index is 12.1. The highest BCUT2D eigenvalue weighted by molar-refractivity contribution is 5.14. The van der Waals surface area contributed by atoms with Crippen LogP contribution in [-0.4, -0.2) is 16.1 Å². The number of H-pyrrole nitrogens is 1. The van der Waals surface area contributed by atoms with Gasteiger partial charge in [-0.15, -0.1) is 0 Å². The lowest BCUT2D eigenvalue weighted by Gasteiger charge is -2.06. The molecule has 1 heterocycles. The molecule has 1 aromatic heterocycles. The average Bonchev–Trinajstić information content (AvgIpc) is 2.80. The molecule has 1 aliphatic rings. The van der Waals surface area contributed by atoms with Crippen LogP contribution in [0.15, 0.2) is 10.9 Å². The second-order valence-corrected chi connectivity index (χ2v) is 3.68. The first-order chi connectivity index (χ1) is 6.94. The summed E-state index contributed by atoms with van der Waals surface area (Å²) in [5.74, 6) is -0.115. The summed E-state index contributed by atoms with van der Waals surface area (Å²) in [4.78, 5) is 17.0. The third-order valence-corrected chi connectivity index (χ3v) is 2.17. The summed E-state index contributed by atoms with van der Waals surface area (Å²) < 4.78 is 36.2. The summed E-state index contributed by atoms with van der Waals surface area (Å²) in [6, 6.07) is 1.28. The molecule has 0 amide bonds. The minimum absolute atomic E-state index is 0.180. The van der Waals surface area contributed by atoms with Gasteiger partial charge in [0.1, 0.15) is 12.2 Å². The van der Waals surface area contributed by atoms with Gasteiger partial charge in [-0.2, -0.15) is 13.2 Å². The van der Waals surface area contributed by atoms with Gasteiger partial charge in [0.2, 0.25) is 0 Å². The fourth-order valence-electron chi connectivity index (χ4n) is 1.39. The summed E-state index contributed by atoms with van der Waals surface area (Å²) in [7, 11) is 0. The monoisotopic (exact) mass is 218 g/mol.